The third-order valence-electron chi connectivity index (χ3n) is 2.68. The number of aromatic carboxylic acids is 1. The highest BCUT2D eigenvalue weighted by molar-refractivity contribution is 5.92. The van der Waals surface area contributed by atoms with Crippen molar-refractivity contribution >= 4 is 17.6 Å². The highest BCUT2D eigenvalue weighted by Crippen LogP contribution is 2.26. The van der Waals surface area contributed by atoms with Crippen LogP contribution in [0, 0.1) is 5.82 Å². The molecule has 1 rings (SSSR count). The predicted molar refractivity (Wildman–Crippen MR) is 72.1 cm³/mol. The molecule has 1 aromatic rings. The van der Waals surface area contributed by atoms with Crippen molar-refractivity contribution in [1.82, 2.24) is 5.32 Å². The molecule has 10 heteroatoms. The van der Waals surface area contributed by atoms with Gasteiger partial charge in [-0.05, 0) is 12.5 Å². The molecule has 0 spiro atoms. The van der Waals surface area contributed by atoms with Crippen LogP contribution in [0.4, 0.5) is 23.2 Å². The summed E-state index contributed by atoms with van der Waals surface area (Å²) in [7, 11) is 1.49. The van der Waals surface area contributed by atoms with Gasteiger partial charge in [-0.25, -0.2) is 9.18 Å². The predicted octanol–water partition coefficient (Wildman–Crippen LogP) is 2.01. The van der Waals surface area contributed by atoms with Crippen molar-refractivity contribution in [3.8, 4) is 5.75 Å². The van der Waals surface area contributed by atoms with E-state index < -0.39 is 29.4 Å². The molecule has 0 radical (unpaired) electrons. The van der Waals surface area contributed by atoms with E-state index >= 15 is 0 Å². The van der Waals surface area contributed by atoms with Gasteiger partial charge in [-0.15, -0.1) is 0 Å². The topological polar surface area (TPSA) is 87.7 Å². The Morgan fingerprint density at radius 2 is 1.96 bits per heavy atom. The van der Waals surface area contributed by atoms with Gasteiger partial charge in [-0.2, -0.15) is 13.2 Å². The first-order valence-electron chi connectivity index (χ1n) is 6.39. The second-order valence-electron chi connectivity index (χ2n) is 4.34. The Kier molecular flexibility index (Phi) is 6.17. The minimum Gasteiger partial charge on any atom is -0.492 e. The van der Waals surface area contributed by atoms with Crippen molar-refractivity contribution < 1.29 is 37.0 Å². The minimum atomic E-state index is -4.97. The number of ether oxygens (including phenoxy) is 1. The molecule has 0 aromatic heterocycles. The van der Waals surface area contributed by atoms with Gasteiger partial charge in [0.15, 0.2) is 0 Å². The number of benzene rings is 1. The number of carboxylic acid groups (broad SMARTS) is 1. The molecule has 0 aliphatic heterocycles. The average Bonchev–Trinajstić information content (AvgIpc) is 2.44. The molecule has 6 nitrogen and oxygen atoms in total. The van der Waals surface area contributed by atoms with Gasteiger partial charge in [0.05, 0.1) is 6.61 Å². The highest BCUT2D eigenvalue weighted by atomic mass is 19.4. The Morgan fingerprint density at radius 3 is 2.48 bits per heavy atom. The van der Waals surface area contributed by atoms with Crippen molar-refractivity contribution in [2.24, 2.45) is 0 Å². The standard InChI is InChI=1S/C13H14F4N2O4/c1-18-7-5-8(14)10(11(20)21)9(6-7)23-4-2-3-19-12(22)13(15,16)17/h5-6,18H,2-4H2,1H3,(H,19,22)(H,20,21). The van der Waals surface area contributed by atoms with Crippen LogP contribution in [-0.2, 0) is 4.79 Å². The molecule has 128 valence electrons. The van der Waals surface area contributed by atoms with Gasteiger partial charge in [-0.3, -0.25) is 4.79 Å². The Bertz CT molecular complexity index is 590. The fourth-order valence-corrected chi connectivity index (χ4v) is 1.60. The van der Waals surface area contributed by atoms with Crippen molar-refractivity contribution in [3.63, 3.8) is 0 Å². The first-order valence-corrected chi connectivity index (χ1v) is 6.39. The van der Waals surface area contributed by atoms with Crippen LogP contribution in [0.5, 0.6) is 5.75 Å². The van der Waals surface area contributed by atoms with Crippen LogP contribution < -0.4 is 15.4 Å². The van der Waals surface area contributed by atoms with E-state index in [2.05, 4.69) is 5.32 Å². The number of rotatable bonds is 7. The molecule has 0 bridgehead atoms. The van der Waals surface area contributed by atoms with Crippen LogP contribution in [0.1, 0.15) is 16.8 Å². The third-order valence-corrected chi connectivity index (χ3v) is 2.68. The van der Waals surface area contributed by atoms with Gasteiger partial charge >= 0.3 is 18.1 Å². The lowest BCUT2D eigenvalue weighted by atomic mass is 10.1. The second kappa shape index (κ2) is 7.65. The molecule has 0 aliphatic carbocycles. The summed E-state index contributed by atoms with van der Waals surface area (Å²) in [6.45, 7) is -0.528. The van der Waals surface area contributed by atoms with Crippen LogP contribution in [0.2, 0.25) is 0 Å². The second-order valence-corrected chi connectivity index (χ2v) is 4.34. The van der Waals surface area contributed by atoms with Crippen molar-refractivity contribution in [2.75, 3.05) is 25.5 Å². The summed E-state index contributed by atoms with van der Waals surface area (Å²) in [4.78, 5) is 21.6. The molecule has 0 heterocycles. The maximum atomic E-state index is 13.7. The summed E-state index contributed by atoms with van der Waals surface area (Å²) >= 11 is 0. The van der Waals surface area contributed by atoms with Crippen molar-refractivity contribution in [3.05, 3.63) is 23.5 Å². The van der Waals surface area contributed by atoms with Gasteiger partial charge in [-0.1, -0.05) is 0 Å². The van der Waals surface area contributed by atoms with Crippen LogP contribution >= 0.6 is 0 Å². The van der Waals surface area contributed by atoms with Gasteiger partial charge in [0.1, 0.15) is 17.1 Å². The smallest absolute Gasteiger partial charge is 0.471 e. The van der Waals surface area contributed by atoms with E-state index in [0.29, 0.717) is 0 Å². The molecule has 3 N–H and O–H groups in total. The van der Waals surface area contributed by atoms with E-state index in [1.807, 2.05) is 0 Å². The van der Waals surface area contributed by atoms with Crippen molar-refractivity contribution in [2.45, 2.75) is 12.6 Å². The number of alkyl halides is 3. The van der Waals surface area contributed by atoms with E-state index in [9.17, 15) is 27.2 Å². The molecule has 0 unspecified atom stereocenters. The number of carboxylic acids is 1. The molecule has 0 fully saturated rings. The molecule has 0 atom stereocenters. The number of hydrogen-bond acceptors (Lipinski definition) is 4. The zero-order chi connectivity index (χ0) is 17.6. The van der Waals surface area contributed by atoms with Crippen molar-refractivity contribution in [1.29, 1.82) is 0 Å². The summed E-state index contributed by atoms with van der Waals surface area (Å²) in [6.07, 6.45) is -4.99. The molecule has 0 aliphatic rings. The monoisotopic (exact) mass is 338 g/mol. The lowest BCUT2D eigenvalue weighted by molar-refractivity contribution is -0.173. The summed E-state index contributed by atoms with van der Waals surface area (Å²) in [5, 5.41) is 13.2. The number of anilines is 1. The largest absolute Gasteiger partial charge is 0.492 e. The zero-order valence-corrected chi connectivity index (χ0v) is 12.0. The highest BCUT2D eigenvalue weighted by Gasteiger charge is 2.38. The Morgan fingerprint density at radius 1 is 1.30 bits per heavy atom. The Balaban J connectivity index is 2.62. The molecule has 0 saturated carbocycles. The van der Waals surface area contributed by atoms with Gasteiger partial charge in [0.2, 0.25) is 0 Å². The number of halogens is 4. The number of hydrogen-bond donors (Lipinski definition) is 3. The summed E-state index contributed by atoms with van der Waals surface area (Å²) < 4.78 is 54.6. The molecular weight excluding hydrogens is 324 g/mol. The Labute approximate surface area is 128 Å². The third kappa shape index (κ3) is 5.31. The van der Waals surface area contributed by atoms with E-state index in [-0.39, 0.29) is 31.0 Å². The minimum absolute atomic E-state index is 0.0215. The normalized spacial score (nSPS) is 11.0. The average molecular weight is 338 g/mol. The van der Waals surface area contributed by atoms with E-state index in [1.54, 1.807) is 5.32 Å². The number of nitrogens with one attached hydrogen (secondary N) is 2. The lowest BCUT2D eigenvalue weighted by Crippen LogP contribution is -2.37. The first kappa shape index (κ1) is 18.5. The summed E-state index contributed by atoms with van der Waals surface area (Å²) in [5.74, 6) is -4.88. The molecule has 1 amide bonds. The van der Waals surface area contributed by atoms with E-state index in [1.165, 1.54) is 13.1 Å². The first-order chi connectivity index (χ1) is 10.7. The van der Waals surface area contributed by atoms with Gasteiger partial charge < -0.3 is 20.5 Å². The summed E-state index contributed by atoms with van der Waals surface area (Å²) in [5.41, 5.74) is -0.406. The maximum Gasteiger partial charge on any atom is 0.471 e. The lowest BCUT2D eigenvalue weighted by Gasteiger charge is -2.12. The fraction of sp³-hybridized carbons (Fsp3) is 0.385. The van der Waals surface area contributed by atoms with E-state index in [4.69, 9.17) is 9.84 Å². The molecular formula is C13H14F4N2O4. The quantitative estimate of drug-likeness (QED) is 0.523. The molecule has 0 saturated heterocycles. The molecule has 23 heavy (non-hydrogen) atoms. The van der Waals surface area contributed by atoms with Crippen LogP contribution in [-0.4, -0.2) is 43.4 Å². The molecule has 1 aromatic carbocycles. The van der Waals surface area contributed by atoms with Crippen LogP contribution in [0.25, 0.3) is 0 Å². The zero-order valence-electron chi connectivity index (χ0n) is 12.0. The van der Waals surface area contributed by atoms with E-state index in [0.717, 1.165) is 6.07 Å². The fourth-order valence-electron chi connectivity index (χ4n) is 1.60. The van der Waals surface area contributed by atoms with Crippen LogP contribution in [0.15, 0.2) is 12.1 Å². The van der Waals surface area contributed by atoms with Gasteiger partial charge in [0, 0.05) is 25.3 Å². The maximum absolute atomic E-state index is 13.7. The Hall–Kier alpha value is -2.52. The summed E-state index contributed by atoms with van der Waals surface area (Å²) in [6, 6.07) is 2.22. The SMILES string of the molecule is CNc1cc(F)c(C(=O)O)c(OCCCNC(=O)C(F)(F)F)c1. The van der Waals surface area contributed by atoms with Crippen LogP contribution in [0.3, 0.4) is 0 Å². The number of amides is 1. The number of carbonyl (C=O) groups excluding carboxylic acids is 1. The van der Waals surface area contributed by atoms with Gasteiger partial charge in [0.25, 0.3) is 0 Å². The number of carbonyl (C=O) groups is 2.